The van der Waals surface area contributed by atoms with Crippen molar-refractivity contribution in [2.75, 3.05) is 0 Å². The van der Waals surface area contributed by atoms with Crippen molar-refractivity contribution in [2.24, 2.45) is 0 Å². The SMILES string of the molecule is CC[C@@H](Oc1ccc(C)cc1C)C(=O)NCc1cccc2ccccc12. The molecule has 0 saturated carbocycles. The molecule has 0 spiro atoms. The van der Waals surface area contributed by atoms with Gasteiger partial charge in [0, 0.05) is 6.54 Å². The van der Waals surface area contributed by atoms with Gasteiger partial charge in [-0.1, -0.05) is 67.1 Å². The molecule has 0 saturated heterocycles. The highest BCUT2D eigenvalue weighted by molar-refractivity contribution is 5.86. The zero-order valence-corrected chi connectivity index (χ0v) is 15.6. The quantitative estimate of drug-likeness (QED) is 0.686. The number of hydrogen-bond donors (Lipinski definition) is 1. The standard InChI is InChI=1S/C23H25NO2/c1-4-21(26-22-13-12-16(2)14-17(22)3)23(25)24-15-19-10-7-9-18-8-5-6-11-20(18)19/h5-14,21H,4,15H2,1-3H3,(H,24,25)/t21-/m1/s1. The summed E-state index contributed by atoms with van der Waals surface area (Å²) in [6.07, 6.45) is 0.126. The van der Waals surface area contributed by atoms with Crippen LogP contribution in [0.25, 0.3) is 10.8 Å². The Morgan fingerprint density at radius 3 is 2.58 bits per heavy atom. The van der Waals surface area contributed by atoms with Gasteiger partial charge in [-0.15, -0.1) is 0 Å². The summed E-state index contributed by atoms with van der Waals surface area (Å²) in [5.41, 5.74) is 3.34. The molecule has 3 rings (SSSR count). The number of aryl methyl sites for hydroxylation is 2. The molecule has 0 aliphatic carbocycles. The summed E-state index contributed by atoms with van der Waals surface area (Å²) in [5.74, 6) is 0.683. The Labute approximate surface area is 155 Å². The molecular formula is C23H25NO2. The fraction of sp³-hybridized carbons (Fsp3) is 0.261. The van der Waals surface area contributed by atoms with Crippen LogP contribution < -0.4 is 10.1 Å². The minimum atomic E-state index is -0.494. The normalized spacial score (nSPS) is 12.0. The molecule has 0 aromatic heterocycles. The van der Waals surface area contributed by atoms with Gasteiger partial charge in [0.05, 0.1) is 0 Å². The van der Waals surface area contributed by atoms with Crippen LogP contribution in [0.1, 0.15) is 30.0 Å². The first-order valence-electron chi connectivity index (χ1n) is 9.06. The number of carbonyl (C=O) groups is 1. The zero-order valence-electron chi connectivity index (χ0n) is 15.6. The number of ether oxygens (including phenoxy) is 1. The summed E-state index contributed by atoms with van der Waals surface area (Å²) in [6, 6.07) is 20.4. The maximum absolute atomic E-state index is 12.6. The Hall–Kier alpha value is -2.81. The lowest BCUT2D eigenvalue weighted by Gasteiger charge is -2.19. The molecule has 0 aliphatic heterocycles. The van der Waals surface area contributed by atoms with Crippen molar-refractivity contribution in [1.29, 1.82) is 0 Å². The van der Waals surface area contributed by atoms with Gasteiger partial charge in [0.2, 0.25) is 0 Å². The molecule has 1 N–H and O–H groups in total. The van der Waals surface area contributed by atoms with Crippen LogP contribution in [0.15, 0.2) is 60.7 Å². The van der Waals surface area contributed by atoms with Crippen LogP contribution in [0, 0.1) is 13.8 Å². The molecule has 26 heavy (non-hydrogen) atoms. The van der Waals surface area contributed by atoms with Gasteiger partial charge in [-0.3, -0.25) is 4.79 Å². The molecule has 3 aromatic rings. The molecule has 0 heterocycles. The highest BCUT2D eigenvalue weighted by Gasteiger charge is 2.19. The van der Waals surface area contributed by atoms with E-state index in [2.05, 4.69) is 35.6 Å². The van der Waals surface area contributed by atoms with Gasteiger partial charge in [-0.2, -0.15) is 0 Å². The van der Waals surface area contributed by atoms with Gasteiger partial charge in [-0.05, 0) is 48.2 Å². The number of rotatable bonds is 6. The monoisotopic (exact) mass is 347 g/mol. The van der Waals surface area contributed by atoms with Gasteiger partial charge in [-0.25, -0.2) is 0 Å². The van der Waals surface area contributed by atoms with Gasteiger partial charge in [0.1, 0.15) is 5.75 Å². The van der Waals surface area contributed by atoms with Crippen molar-refractivity contribution >= 4 is 16.7 Å². The number of amides is 1. The fourth-order valence-electron chi connectivity index (χ4n) is 3.15. The third kappa shape index (κ3) is 4.05. The van der Waals surface area contributed by atoms with E-state index >= 15 is 0 Å². The van der Waals surface area contributed by atoms with Gasteiger partial charge in [0.15, 0.2) is 6.10 Å². The summed E-state index contributed by atoms with van der Waals surface area (Å²) in [6.45, 7) is 6.51. The second-order valence-electron chi connectivity index (χ2n) is 6.64. The summed E-state index contributed by atoms with van der Waals surface area (Å²) in [4.78, 5) is 12.6. The van der Waals surface area contributed by atoms with Crippen LogP contribution >= 0.6 is 0 Å². The van der Waals surface area contributed by atoms with Crippen molar-refractivity contribution < 1.29 is 9.53 Å². The lowest BCUT2D eigenvalue weighted by molar-refractivity contribution is -0.128. The predicted molar refractivity (Wildman–Crippen MR) is 106 cm³/mol. The van der Waals surface area contributed by atoms with Crippen molar-refractivity contribution in [3.63, 3.8) is 0 Å². The second-order valence-corrected chi connectivity index (χ2v) is 6.64. The molecule has 134 valence electrons. The van der Waals surface area contributed by atoms with E-state index in [0.717, 1.165) is 16.9 Å². The lowest BCUT2D eigenvalue weighted by Crippen LogP contribution is -2.37. The van der Waals surface area contributed by atoms with Gasteiger partial charge >= 0.3 is 0 Å². The minimum Gasteiger partial charge on any atom is -0.480 e. The van der Waals surface area contributed by atoms with E-state index in [9.17, 15) is 4.79 Å². The number of fused-ring (bicyclic) bond motifs is 1. The largest absolute Gasteiger partial charge is 0.480 e. The van der Waals surface area contributed by atoms with Crippen LogP contribution in [0.5, 0.6) is 5.75 Å². The van der Waals surface area contributed by atoms with E-state index in [1.165, 1.54) is 16.3 Å². The smallest absolute Gasteiger partial charge is 0.261 e. The first-order chi connectivity index (χ1) is 12.6. The minimum absolute atomic E-state index is 0.0830. The highest BCUT2D eigenvalue weighted by Crippen LogP contribution is 2.21. The van der Waals surface area contributed by atoms with Crippen molar-refractivity contribution in [3.05, 3.63) is 77.4 Å². The molecule has 0 aliphatic rings. The van der Waals surface area contributed by atoms with E-state index in [0.29, 0.717) is 13.0 Å². The first-order valence-corrected chi connectivity index (χ1v) is 9.06. The molecule has 0 unspecified atom stereocenters. The van der Waals surface area contributed by atoms with Crippen LogP contribution in [0.3, 0.4) is 0 Å². The fourth-order valence-corrected chi connectivity index (χ4v) is 3.15. The predicted octanol–water partition coefficient (Wildman–Crippen LogP) is 4.93. The molecule has 0 bridgehead atoms. The number of hydrogen-bond acceptors (Lipinski definition) is 2. The Bertz CT molecular complexity index is 912. The maximum atomic E-state index is 12.6. The molecule has 1 amide bonds. The topological polar surface area (TPSA) is 38.3 Å². The zero-order chi connectivity index (χ0) is 18.5. The Morgan fingerprint density at radius 1 is 1.04 bits per heavy atom. The Morgan fingerprint density at radius 2 is 1.81 bits per heavy atom. The van der Waals surface area contributed by atoms with E-state index in [4.69, 9.17) is 4.74 Å². The van der Waals surface area contributed by atoms with E-state index in [-0.39, 0.29) is 5.91 Å². The lowest BCUT2D eigenvalue weighted by atomic mass is 10.0. The van der Waals surface area contributed by atoms with Crippen molar-refractivity contribution in [2.45, 2.75) is 39.8 Å². The second kappa shape index (κ2) is 8.05. The number of nitrogens with one attached hydrogen (secondary N) is 1. The molecule has 3 aromatic carbocycles. The van der Waals surface area contributed by atoms with E-state index in [1.807, 2.05) is 51.1 Å². The molecule has 0 radical (unpaired) electrons. The summed E-state index contributed by atoms with van der Waals surface area (Å²) in [5, 5.41) is 5.37. The van der Waals surface area contributed by atoms with E-state index in [1.54, 1.807) is 0 Å². The molecule has 0 fully saturated rings. The van der Waals surface area contributed by atoms with Crippen LogP contribution in [-0.2, 0) is 11.3 Å². The van der Waals surface area contributed by atoms with Gasteiger partial charge < -0.3 is 10.1 Å². The average Bonchev–Trinajstić information content (AvgIpc) is 2.65. The van der Waals surface area contributed by atoms with Crippen LogP contribution in [0.4, 0.5) is 0 Å². The number of carbonyl (C=O) groups excluding carboxylic acids is 1. The van der Waals surface area contributed by atoms with Gasteiger partial charge in [0.25, 0.3) is 5.91 Å². The maximum Gasteiger partial charge on any atom is 0.261 e. The third-order valence-corrected chi connectivity index (χ3v) is 4.60. The van der Waals surface area contributed by atoms with Crippen molar-refractivity contribution in [1.82, 2.24) is 5.32 Å². The highest BCUT2D eigenvalue weighted by atomic mass is 16.5. The first kappa shape index (κ1) is 18.0. The molecule has 3 nitrogen and oxygen atoms in total. The van der Waals surface area contributed by atoms with Crippen LogP contribution in [0.2, 0.25) is 0 Å². The van der Waals surface area contributed by atoms with Crippen LogP contribution in [-0.4, -0.2) is 12.0 Å². The van der Waals surface area contributed by atoms with E-state index < -0.39 is 6.10 Å². The van der Waals surface area contributed by atoms with Crippen molar-refractivity contribution in [3.8, 4) is 5.75 Å². The average molecular weight is 347 g/mol. The summed E-state index contributed by atoms with van der Waals surface area (Å²) >= 11 is 0. The Kier molecular flexibility index (Phi) is 5.57. The summed E-state index contributed by atoms with van der Waals surface area (Å²) in [7, 11) is 0. The summed E-state index contributed by atoms with van der Waals surface area (Å²) < 4.78 is 5.98. The molecule has 1 atom stereocenters. The Balaban J connectivity index is 1.69. The molecule has 3 heteroatoms. The molecular weight excluding hydrogens is 322 g/mol. The third-order valence-electron chi connectivity index (χ3n) is 4.60. The number of benzene rings is 3.